The lowest BCUT2D eigenvalue weighted by Crippen LogP contribution is -2.01. The second-order valence-corrected chi connectivity index (χ2v) is 6.23. The third-order valence-corrected chi connectivity index (χ3v) is 4.04. The van der Waals surface area contributed by atoms with Gasteiger partial charge in [0.25, 0.3) is 0 Å². The molecule has 0 amide bonds. The van der Waals surface area contributed by atoms with Crippen molar-refractivity contribution in [1.29, 1.82) is 0 Å². The first kappa shape index (κ1) is 11.9. The van der Waals surface area contributed by atoms with E-state index in [0.29, 0.717) is 6.54 Å². The van der Waals surface area contributed by atoms with Crippen LogP contribution >= 0.6 is 27.3 Å². The Balaban J connectivity index is 1.80. The topological polar surface area (TPSA) is 47.0 Å². The normalized spacial score (nSPS) is 13.2. The van der Waals surface area contributed by atoms with Gasteiger partial charge in [0.1, 0.15) is 10.8 Å². The van der Waals surface area contributed by atoms with Gasteiger partial charge in [-0.25, -0.2) is 0 Å². The minimum atomic E-state index is 0.705. The van der Waals surface area contributed by atoms with Crippen molar-refractivity contribution in [1.82, 2.24) is 10.2 Å². The van der Waals surface area contributed by atoms with Gasteiger partial charge in [-0.2, -0.15) is 0 Å². The van der Waals surface area contributed by atoms with Crippen LogP contribution in [0.4, 0.5) is 5.13 Å². The van der Waals surface area contributed by atoms with Crippen molar-refractivity contribution in [2.24, 2.45) is 0 Å². The molecule has 0 spiro atoms. The largest absolute Gasteiger partial charge is 0.493 e. The predicted molar refractivity (Wildman–Crippen MR) is 75.3 cm³/mol. The number of anilines is 1. The Labute approximate surface area is 118 Å². The van der Waals surface area contributed by atoms with Gasteiger partial charge in [0.05, 0.1) is 6.61 Å². The zero-order chi connectivity index (χ0) is 12.5. The molecule has 1 aromatic carbocycles. The van der Waals surface area contributed by atoms with E-state index in [9.17, 15) is 0 Å². The van der Waals surface area contributed by atoms with Crippen molar-refractivity contribution < 1.29 is 4.74 Å². The fraction of sp³-hybridized carbons (Fsp3) is 0.333. The van der Waals surface area contributed by atoms with Gasteiger partial charge in [-0.15, -0.1) is 10.2 Å². The van der Waals surface area contributed by atoms with E-state index in [1.165, 1.54) is 5.56 Å². The second kappa shape index (κ2) is 4.85. The van der Waals surface area contributed by atoms with Crippen molar-refractivity contribution in [3.05, 3.63) is 32.7 Å². The molecule has 2 heterocycles. The summed E-state index contributed by atoms with van der Waals surface area (Å²) < 4.78 is 6.78. The van der Waals surface area contributed by atoms with Gasteiger partial charge in [0.15, 0.2) is 0 Å². The molecule has 3 rings (SSSR count). The Kier molecular flexibility index (Phi) is 3.22. The van der Waals surface area contributed by atoms with Crippen LogP contribution in [-0.2, 0) is 13.0 Å². The van der Waals surface area contributed by atoms with Gasteiger partial charge in [-0.3, -0.25) is 0 Å². The second-order valence-electron chi connectivity index (χ2n) is 4.13. The molecule has 1 aliphatic rings. The maximum absolute atomic E-state index is 5.68. The van der Waals surface area contributed by atoms with Gasteiger partial charge < -0.3 is 10.1 Å². The Morgan fingerprint density at radius 2 is 2.33 bits per heavy atom. The van der Waals surface area contributed by atoms with Crippen molar-refractivity contribution >= 4 is 32.4 Å². The zero-order valence-corrected chi connectivity index (χ0v) is 12.3. The summed E-state index contributed by atoms with van der Waals surface area (Å²) in [5, 5.41) is 13.1. The molecular formula is C12H12BrN3OS. The van der Waals surface area contributed by atoms with E-state index < -0.39 is 0 Å². The van der Waals surface area contributed by atoms with Crippen molar-refractivity contribution in [2.75, 3.05) is 11.9 Å². The lowest BCUT2D eigenvalue weighted by Gasteiger charge is -2.09. The number of fused-ring (bicyclic) bond motifs is 1. The number of hydrogen-bond donors (Lipinski definition) is 1. The number of hydrogen-bond acceptors (Lipinski definition) is 5. The highest BCUT2D eigenvalue weighted by Gasteiger charge is 2.17. The molecule has 0 aliphatic carbocycles. The highest BCUT2D eigenvalue weighted by Crippen LogP contribution is 2.33. The summed E-state index contributed by atoms with van der Waals surface area (Å²) in [6, 6.07) is 4.21. The van der Waals surface area contributed by atoms with E-state index in [1.54, 1.807) is 11.3 Å². The molecule has 1 aliphatic heterocycles. The Bertz CT molecular complexity index is 585. The number of nitrogens with zero attached hydrogens (tertiary/aromatic N) is 2. The first-order chi connectivity index (χ1) is 8.72. The molecule has 0 unspecified atom stereocenters. The van der Waals surface area contributed by atoms with Crippen LogP contribution in [0.1, 0.15) is 16.1 Å². The SMILES string of the molecule is Cc1nnc(NCc2cc(Br)cc3c2OCC3)s1. The fourth-order valence-electron chi connectivity index (χ4n) is 2.02. The lowest BCUT2D eigenvalue weighted by molar-refractivity contribution is 0.354. The molecule has 0 saturated carbocycles. The number of aryl methyl sites for hydroxylation is 1. The number of benzene rings is 1. The van der Waals surface area contributed by atoms with Gasteiger partial charge >= 0.3 is 0 Å². The van der Waals surface area contributed by atoms with Crippen LogP contribution in [0.3, 0.4) is 0 Å². The Morgan fingerprint density at radius 1 is 1.44 bits per heavy atom. The highest BCUT2D eigenvalue weighted by atomic mass is 79.9. The Morgan fingerprint density at radius 3 is 3.11 bits per heavy atom. The van der Waals surface area contributed by atoms with Crippen LogP contribution in [0.15, 0.2) is 16.6 Å². The maximum Gasteiger partial charge on any atom is 0.205 e. The molecule has 18 heavy (non-hydrogen) atoms. The minimum absolute atomic E-state index is 0.705. The Hall–Kier alpha value is -1.14. The average Bonchev–Trinajstić information content (AvgIpc) is 2.94. The van der Waals surface area contributed by atoms with Crippen LogP contribution in [-0.4, -0.2) is 16.8 Å². The first-order valence-corrected chi connectivity index (χ1v) is 7.31. The highest BCUT2D eigenvalue weighted by molar-refractivity contribution is 9.10. The van der Waals surface area contributed by atoms with Crippen LogP contribution < -0.4 is 10.1 Å². The van der Waals surface area contributed by atoms with E-state index in [0.717, 1.165) is 39.0 Å². The summed E-state index contributed by atoms with van der Waals surface area (Å²) in [5.41, 5.74) is 2.43. The fourth-order valence-corrected chi connectivity index (χ4v) is 3.16. The molecule has 6 heteroatoms. The van der Waals surface area contributed by atoms with Crippen LogP contribution in [0.2, 0.25) is 0 Å². The number of aromatic nitrogens is 2. The summed E-state index contributed by atoms with van der Waals surface area (Å²) in [4.78, 5) is 0. The summed E-state index contributed by atoms with van der Waals surface area (Å²) in [7, 11) is 0. The van der Waals surface area contributed by atoms with Crippen molar-refractivity contribution in [3.63, 3.8) is 0 Å². The van der Waals surface area contributed by atoms with Crippen LogP contribution in [0.25, 0.3) is 0 Å². The first-order valence-electron chi connectivity index (χ1n) is 5.70. The predicted octanol–water partition coefficient (Wildman–Crippen LogP) is 3.16. The third-order valence-electron chi connectivity index (χ3n) is 2.78. The zero-order valence-electron chi connectivity index (χ0n) is 9.86. The van der Waals surface area contributed by atoms with E-state index in [2.05, 4.69) is 43.6 Å². The monoisotopic (exact) mass is 325 g/mol. The quantitative estimate of drug-likeness (QED) is 0.941. The average molecular weight is 326 g/mol. The maximum atomic E-state index is 5.68. The van der Waals surface area contributed by atoms with Gasteiger partial charge in [-0.1, -0.05) is 27.3 Å². The number of rotatable bonds is 3. The van der Waals surface area contributed by atoms with E-state index in [-0.39, 0.29) is 0 Å². The smallest absolute Gasteiger partial charge is 0.205 e. The van der Waals surface area contributed by atoms with Crippen LogP contribution in [0.5, 0.6) is 5.75 Å². The molecule has 2 aromatic rings. The standard InChI is InChI=1S/C12H12BrN3OS/c1-7-15-16-12(18-7)14-6-9-5-10(13)4-8-2-3-17-11(8)9/h4-5H,2-3,6H2,1H3,(H,14,16). The molecule has 0 radical (unpaired) electrons. The van der Waals surface area contributed by atoms with Crippen molar-refractivity contribution in [3.8, 4) is 5.75 Å². The summed E-state index contributed by atoms with van der Waals surface area (Å²) >= 11 is 5.10. The van der Waals surface area contributed by atoms with E-state index in [1.807, 2.05) is 6.92 Å². The van der Waals surface area contributed by atoms with E-state index >= 15 is 0 Å². The molecule has 0 atom stereocenters. The molecule has 0 bridgehead atoms. The van der Waals surface area contributed by atoms with E-state index in [4.69, 9.17) is 4.74 Å². The molecule has 1 N–H and O–H groups in total. The third kappa shape index (κ3) is 2.35. The molecule has 4 nitrogen and oxygen atoms in total. The number of nitrogens with one attached hydrogen (secondary N) is 1. The number of ether oxygens (including phenoxy) is 1. The molecule has 94 valence electrons. The number of halogens is 1. The summed E-state index contributed by atoms with van der Waals surface area (Å²) in [6.45, 7) is 3.43. The van der Waals surface area contributed by atoms with Crippen LogP contribution in [0, 0.1) is 6.92 Å². The molecule has 0 fully saturated rings. The van der Waals surface area contributed by atoms with Gasteiger partial charge in [0.2, 0.25) is 5.13 Å². The minimum Gasteiger partial charge on any atom is -0.493 e. The molecular weight excluding hydrogens is 314 g/mol. The summed E-state index contributed by atoms with van der Waals surface area (Å²) in [6.07, 6.45) is 0.986. The molecule has 1 aromatic heterocycles. The van der Waals surface area contributed by atoms with Gasteiger partial charge in [0, 0.05) is 23.0 Å². The van der Waals surface area contributed by atoms with Crippen molar-refractivity contribution in [2.45, 2.75) is 19.9 Å². The lowest BCUT2D eigenvalue weighted by atomic mass is 10.1. The van der Waals surface area contributed by atoms with Gasteiger partial charge in [-0.05, 0) is 24.6 Å². The summed E-state index contributed by atoms with van der Waals surface area (Å²) in [5.74, 6) is 1.02. The molecule has 0 saturated heterocycles.